The maximum atomic E-state index is 12.4. The van der Waals surface area contributed by atoms with Crippen LogP contribution in [0.5, 0.6) is 11.5 Å². The average Bonchev–Trinajstić information content (AvgIpc) is 2.59. The van der Waals surface area contributed by atoms with E-state index in [1.807, 2.05) is 55.1 Å². The number of likely N-dealkylation sites (N-methyl/N-ethyl adjacent to an activating group) is 1. The number of anilines is 1. The van der Waals surface area contributed by atoms with Crippen molar-refractivity contribution in [2.75, 3.05) is 30.4 Å². The molecule has 0 spiro atoms. The van der Waals surface area contributed by atoms with Gasteiger partial charge in [0, 0.05) is 24.1 Å². The molecule has 0 radical (unpaired) electrons. The Bertz CT molecular complexity index is 853. The molecule has 1 N–H and O–H groups in total. The van der Waals surface area contributed by atoms with Crippen LogP contribution in [0.15, 0.2) is 54.6 Å². The summed E-state index contributed by atoms with van der Waals surface area (Å²) >= 11 is 0. The first-order chi connectivity index (χ1) is 12.8. The Morgan fingerprint density at radius 1 is 1.11 bits per heavy atom. The molecule has 0 heterocycles. The first-order valence-corrected chi connectivity index (χ1v) is 10.9. The highest BCUT2D eigenvalue weighted by Gasteiger charge is 2.19. The zero-order valence-corrected chi connectivity index (χ0v) is 16.7. The molecular weight excluding hydrogens is 364 g/mol. The number of nitrogens with one attached hydrogen (secondary N) is 1. The first-order valence-electron chi connectivity index (χ1n) is 8.81. The van der Waals surface area contributed by atoms with Crippen molar-refractivity contribution in [3.63, 3.8) is 0 Å². The number of para-hydroxylation sites is 1. The van der Waals surface area contributed by atoms with Crippen LogP contribution in [0, 0.1) is 0 Å². The van der Waals surface area contributed by atoms with E-state index in [9.17, 15) is 13.2 Å². The summed E-state index contributed by atoms with van der Waals surface area (Å²) in [4.78, 5) is 14.2. The van der Waals surface area contributed by atoms with Crippen molar-refractivity contribution in [2.45, 2.75) is 19.9 Å². The van der Waals surface area contributed by atoms with Gasteiger partial charge in [0.2, 0.25) is 5.91 Å². The van der Waals surface area contributed by atoms with Crippen molar-refractivity contribution in [2.24, 2.45) is 0 Å². The summed E-state index contributed by atoms with van der Waals surface area (Å²) < 4.78 is 28.7. The number of amides is 1. The van der Waals surface area contributed by atoms with E-state index in [-0.39, 0.29) is 24.2 Å². The Kier molecular flexibility index (Phi) is 7.38. The van der Waals surface area contributed by atoms with Gasteiger partial charge >= 0.3 is 0 Å². The number of nitrogens with zero attached hydrogens (tertiary/aromatic N) is 1. The van der Waals surface area contributed by atoms with E-state index < -0.39 is 9.84 Å². The van der Waals surface area contributed by atoms with E-state index in [4.69, 9.17) is 4.74 Å². The number of rotatable bonds is 9. The van der Waals surface area contributed by atoms with Crippen molar-refractivity contribution in [1.29, 1.82) is 0 Å². The third-order valence-electron chi connectivity index (χ3n) is 4.02. The topological polar surface area (TPSA) is 75.7 Å². The van der Waals surface area contributed by atoms with E-state index in [1.165, 1.54) is 6.26 Å². The maximum Gasteiger partial charge on any atom is 0.238 e. The molecule has 0 saturated heterocycles. The van der Waals surface area contributed by atoms with E-state index in [0.717, 1.165) is 0 Å². The van der Waals surface area contributed by atoms with Gasteiger partial charge in [-0.25, -0.2) is 8.42 Å². The van der Waals surface area contributed by atoms with Crippen LogP contribution in [0.2, 0.25) is 0 Å². The molecule has 0 aliphatic heterocycles. The van der Waals surface area contributed by atoms with E-state index >= 15 is 0 Å². The molecule has 1 unspecified atom stereocenters. The van der Waals surface area contributed by atoms with Gasteiger partial charge in [-0.1, -0.05) is 31.2 Å². The smallest absolute Gasteiger partial charge is 0.238 e. The molecule has 7 heteroatoms. The largest absolute Gasteiger partial charge is 0.457 e. The third kappa shape index (κ3) is 7.40. The van der Waals surface area contributed by atoms with Crippen molar-refractivity contribution in [3.05, 3.63) is 54.6 Å². The van der Waals surface area contributed by atoms with Crippen LogP contribution in [0.1, 0.15) is 13.8 Å². The van der Waals surface area contributed by atoms with Gasteiger partial charge < -0.3 is 10.1 Å². The summed E-state index contributed by atoms with van der Waals surface area (Å²) in [5.41, 5.74) is 0.625. The number of hydrogen-bond donors (Lipinski definition) is 1. The number of hydrogen-bond acceptors (Lipinski definition) is 5. The Hall–Kier alpha value is -2.38. The Morgan fingerprint density at radius 3 is 2.41 bits per heavy atom. The van der Waals surface area contributed by atoms with Gasteiger partial charge in [-0.15, -0.1) is 0 Å². The van der Waals surface area contributed by atoms with Crippen LogP contribution in [0.4, 0.5) is 5.69 Å². The molecule has 146 valence electrons. The lowest BCUT2D eigenvalue weighted by molar-refractivity contribution is -0.117. The summed E-state index contributed by atoms with van der Waals surface area (Å²) in [7, 11) is -3.10. The molecule has 0 aromatic heterocycles. The Labute approximate surface area is 161 Å². The molecular formula is C20H26N2O4S. The first kappa shape index (κ1) is 20.9. The predicted octanol–water partition coefficient (Wildman–Crippen LogP) is 3.17. The van der Waals surface area contributed by atoms with Crippen molar-refractivity contribution >= 4 is 21.4 Å². The molecule has 1 amide bonds. The molecule has 0 saturated carbocycles. The normalized spacial score (nSPS) is 12.6. The SMILES string of the molecule is CCN(CC(=O)Nc1cccc(Oc2ccccc2)c1)C(C)CS(C)(=O)=O. The van der Waals surface area contributed by atoms with Gasteiger partial charge in [-0.3, -0.25) is 9.69 Å². The van der Waals surface area contributed by atoms with Crippen LogP contribution >= 0.6 is 0 Å². The molecule has 1 atom stereocenters. The minimum atomic E-state index is -3.10. The van der Waals surface area contributed by atoms with Gasteiger partial charge in [0.05, 0.1) is 12.3 Å². The van der Waals surface area contributed by atoms with Gasteiger partial charge in [-0.2, -0.15) is 0 Å². The second kappa shape index (κ2) is 9.53. The predicted molar refractivity (Wildman–Crippen MR) is 108 cm³/mol. The molecule has 6 nitrogen and oxygen atoms in total. The fourth-order valence-electron chi connectivity index (χ4n) is 2.77. The third-order valence-corrected chi connectivity index (χ3v) is 5.10. The second-order valence-electron chi connectivity index (χ2n) is 6.50. The fraction of sp³-hybridized carbons (Fsp3) is 0.350. The lowest BCUT2D eigenvalue weighted by Crippen LogP contribution is -2.42. The highest BCUT2D eigenvalue weighted by molar-refractivity contribution is 7.90. The van der Waals surface area contributed by atoms with Crippen LogP contribution in [-0.2, 0) is 14.6 Å². The van der Waals surface area contributed by atoms with Gasteiger partial charge in [0.1, 0.15) is 21.3 Å². The molecule has 0 bridgehead atoms. The minimum absolute atomic E-state index is 0.0223. The number of sulfone groups is 1. The summed E-state index contributed by atoms with van der Waals surface area (Å²) in [5, 5.41) is 2.84. The van der Waals surface area contributed by atoms with E-state index in [1.54, 1.807) is 18.2 Å². The summed E-state index contributed by atoms with van der Waals surface area (Å²) in [5.74, 6) is 1.16. The molecule has 0 aliphatic rings. The van der Waals surface area contributed by atoms with Gasteiger partial charge in [0.25, 0.3) is 0 Å². The van der Waals surface area contributed by atoms with Gasteiger partial charge in [0.15, 0.2) is 0 Å². The van der Waals surface area contributed by atoms with E-state index in [2.05, 4.69) is 5.32 Å². The van der Waals surface area contributed by atoms with Gasteiger partial charge in [-0.05, 0) is 37.7 Å². The highest BCUT2D eigenvalue weighted by atomic mass is 32.2. The number of ether oxygens (including phenoxy) is 1. The number of benzene rings is 2. The second-order valence-corrected chi connectivity index (χ2v) is 8.68. The highest BCUT2D eigenvalue weighted by Crippen LogP contribution is 2.23. The molecule has 2 aromatic carbocycles. The summed E-state index contributed by atoms with van der Waals surface area (Å²) in [6, 6.07) is 16.3. The average molecular weight is 391 g/mol. The van der Waals surface area contributed by atoms with Crippen LogP contribution < -0.4 is 10.1 Å². The zero-order valence-electron chi connectivity index (χ0n) is 15.9. The molecule has 27 heavy (non-hydrogen) atoms. The van der Waals surface area contributed by atoms with E-state index in [0.29, 0.717) is 23.7 Å². The van der Waals surface area contributed by atoms with Crippen LogP contribution in [0.25, 0.3) is 0 Å². The van der Waals surface area contributed by atoms with Crippen molar-refractivity contribution in [1.82, 2.24) is 4.90 Å². The summed E-state index contributed by atoms with van der Waals surface area (Å²) in [6.07, 6.45) is 1.20. The summed E-state index contributed by atoms with van der Waals surface area (Å²) in [6.45, 7) is 4.42. The standard InChI is InChI=1S/C20H26N2O4S/c1-4-22(16(2)15-27(3,24)25)14-20(23)21-17-9-8-12-19(13-17)26-18-10-6-5-7-11-18/h5-13,16H,4,14-15H2,1-3H3,(H,21,23). The van der Waals surface area contributed by atoms with Crippen molar-refractivity contribution < 1.29 is 17.9 Å². The molecule has 2 rings (SSSR count). The zero-order chi connectivity index (χ0) is 19.9. The molecule has 0 fully saturated rings. The van der Waals surface area contributed by atoms with Crippen molar-refractivity contribution in [3.8, 4) is 11.5 Å². The Balaban J connectivity index is 1.97. The number of carbonyl (C=O) groups excluding carboxylic acids is 1. The molecule has 2 aromatic rings. The minimum Gasteiger partial charge on any atom is -0.457 e. The molecule has 0 aliphatic carbocycles. The fourth-order valence-corrected chi connectivity index (χ4v) is 3.86. The maximum absolute atomic E-state index is 12.4. The Morgan fingerprint density at radius 2 is 1.78 bits per heavy atom. The quantitative estimate of drug-likeness (QED) is 0.712. The lowest BCUT2D eigenvalue weighted by Gasteiger charge is -2.26. The number of carbonyl (C=O) groups is 1. The van der Waals surface area contributed by atoms with Crippen LogP contribution in [0.3, 0.4) is 0 Å². The monoisotopic (exact) mass is 390 g/mol. The van der Waals surface area contributed by atoms with Crippen LogP contribution in [-0.4, -0.2) is 50.4 Å². The lowest BCUT2D eigenvalue weighted by atomic mass is 10.2.